The number of hydrogen-bond acceptors (Lipinski definition) is 6. The number of carbonyl (C=O) groups is 2. The number of aryl methyl sites for hydroxylation is 2. The van der Waals surface area contributed by atoms with Crippen LogP contribution >= 0.6 is 0 Å². The second-order valence-electron chi connectivity index (χ2n) is 6.44. The van der Waals surface area contributed by atoms with Crippen LogP contribution in [0.25, 0.3) is 5.78 Å². The smallest absolute Gasteiger partial charge is 0.335 e. The normalized spacial score (nSPS) is 11.0. The topological polar surface area (TPSA) is 119 Å². The van der Waals surface area contributed by atoms with Gasteiger partial charge in [0.25, 0.3) is 5.78 Å². The number of methoxy groups -OCH3 is 1. The zero-order valence-electron chi connectivity index (χ0n) is 15.9. The van der Waals surface area contributed by atoms with E-state index in [1.807, 2.05) is 13.8 Å². The molecule has 0 saturated heterocycles. The molecule has 2 heterocycles. The number of carboxylic acid groups (broad SMARTS) is 1. The first-order chi connectivity index (χ1) is 13.4. The molecule has 0 bridgehead atoms. The second kappa shape index (κ2) is 8.13. The molecule has 0 aliphatic carbocycles. The van der Waals surface area contributed by atoms with Crippen molar-refractivity contribution < 1.29 is 19.4 Å². The van der Waals surface area contributed by atoms with E-state index in [9.17, 15) is 14.7 Å². The van der Waals surface area contributed by atoms with E-state index in [2.05, 4.69) is 20.4 Å². The zero-order valence-corrected chi connectivity index (χ0v) is 15.9. The summed E-state index contributed by atoms with van der Waals surface area (Å²) in [5.41, 5.74) is 3.83. The lowest BCUT2D eigenvalue weighted by atomic mass is 10.1. The maximum Gasteiger partial charge on any atom is 0.335 e. The van der Waals surface area contributed by atoms with Crippen molar-refractivity contribution in [3.63, 3.8) is 0 Å². The number of aromatic carboxylic acids is 1. The van der Waals surface area contributed by atoms with Crippen molar-refractivity contribution in [2.24, 2.45) is 0 Å². The molecule has 28 heavy (non-hydrogen) atoms. The van der Waals surface area contributed by atoms with E-state index in [1.54, 1.807) is 10.6 Å². The summed E-state index contributed by atoms with van der Waals surface area (Å²) in [6, 6.07) is 4.65. The lowest BCUT2D eigenvalue weighted by Gasteiger charge is -2.11. The number of fused-ring (bicyclic) bond motifs is 1. The minimum Gasteiger partial charge on any atom is -0.478 e. The van der Waals surface area contributed by atoms with Gasteiger partial charge in [-0.05, 0) is 49.6 Å². The van der Waals surface area contributed by atoms with Crippen LogP contribution in [0.5, 0.6) is 0 Å². The standard InChI is InChI=1S/C19H21N5O4/c1-11-16(12(2)24-19(22-11)20-10-21-24)4-5-17(25)23-15-7-13(9-28-3)6-14(8-15)18(26)27/h6-8,10H,4-5,9H2,1-3H3,(H,23,25)(H,26,27). The number of carbonyl (C=O) groups excluding carboxylic acids is 1. The summed E-state index contributed by atoms with van der Waals surface area (Å²) >= 11 is 0. The Hall–Kier alpha value is -3.33. The van der Waals surface area contributed by atoms with Crippen molar-refractivity contribution in [2.45, 2.75) is 33.3 Å². The van der Waals surface area contributed by atoms with Crippen LogP contribution < -0.4 is 5.32 Å². The number of aromatic nitrogens is 4. The predicted octanol–water partition coefficient (Wildman–Crippen LogP) is 2.16. The molecule has 1 aromatic carbocycles. The minimum absolute atomic E-state index is 0.0948. The van der Waals surface area contributed by atoms with E-state index in [1.165, 1.54) is 25.6 Å². The molecule has 0 spiro atoms. The monoisotopic (exact) mass is 383 g/mol. The van der Waals surface area contributed by atoms with Crippen LogP contribution in [0.3, 0.4) is 0 Å². The minimum atomic E-state index is -1.06. The van der Waals surface area contributed by atoms with E-state index >= 15 is 0 Å². The summed E-state index contributed by atoms with van der Waals surface area (Å²) in [7, 11) is 1.52. The van der Waals surface area contributed by atoms with Gasteiger partial charge in [0.1, 0.15) is 6.33 Å². The number of nitrogens with zero attached hydrogens (tertiary/aromatic N) is 4. The molecule has 0 aliphatic rings. The Kier molecular flexibility index (Phi) is 5.65. The fourth-order valence-corrected chi connectivity index (χ4v) is 3.12. The largest absolute Gasteiger partial charge is 0.478 e. The van der Waals surface area contributed by atoms with Crippen molar-refractivity contribution in [2.75, 3.05) is 12.4 Å². The summed E-state index contributed by atoms with van der Waals surface area (Å²) in [6.45, 7) is 4.05. The number of hydrogen-bond donors (Lipinski definition) is 2. The number of benzene rings is 1. The summed E-state index contributed by atoms with van der Waals surface area (Å²) < 4.78 is 6.70. The van der Waals surface area contributed by atoms with Gasteiger partial charge < -0.3 is 15.2 Å². The van der Waals surface area contributed by atoms with Crippen LogP contribution in [0.15, 0.2) is 24.5 Å². The van der Waals surface area contributed by atoms with Crippen LogP contribution in [0.1, 0.15) is 39.3 Å². The second-order valence-corrected chi connectivity index (χ2v) is 6.44. The first-order valence-electron chi connectivity index (χ1n) is 8.71. The number of anilines is 1. The molecule has 9 nitrogen and oxygen atoms in total. The molecule has 1 amide bonds. The summed E-state index contributed by atoms with van der Waals surface area (Å²) in [4.78, 5) is 32.2. The van der Waals surface area contributed by atoms with E-state index in [0.717, 1.165) is 17.0 Å². The number of rotatable bonds is 7. The van der Waals surface area contributed by atoms with Crippen molar-refractivity contribution in [1.29, 1.82) is 0 Å². The molecule has 2 N–H and O–H groups in total. The average Bonchev–Trinajstić information content (AvgIpc) is 3.10. The molecule has 0 atom stereocenters. The Labute approximate surface area is 161 Å². The Bertz CT molecular complexity index is 1040. The van der Waals surface area contributed by atoms with Gasteiger partial charge in [-0.1, -0.05) is 0 Å². The van der Waals surface area contributed by atoms with Crippen LogP contribution in [-0.4, -0.2) is 43.7 Å². The summed E-state index contributed by atoms with van der Waals surface area (Å²) in [5.74, 6) is -0.755. The van der Waals surface area contributed by atoms with Crippen molar-refractivity contribution in [3.8, 4) is 0 Å². The lowest BCUT2D eigenvalue weighted by molar-refractivity contribution is -0.116. The van der Waals surface area contributed by atoms with Crippen LogP contribution in [0, 0.1) is 13.8 Å². The van der Waals surface area contributed by atoms with Crippen molar-refractivity contribution in [3.05, 3.63) is 52.6 Å². The van der Waals surface area contributed by atoms with Gasteiger partial charge >= 0.3 is 5.97 Å². The third-order valence-corrected chi connectivity index (χ3v) is 4.43. The first kappa shape index (κ1) is 19.4. The number of amides is 1. The Morgan fingerprint density at radius 3 is 2.75 bits per heavy atom. The SMILES string of the molecule is COCc1cc(NC(=O)CCc2c(C)nc3ncnn3c2C)cc(C(=O)O)c1. The molecule has 0 radical (unpaired) electrons. The van der Waals surface area contributed by atoms with Crippen LogP contribution in [-0.2, 0) is 22.6 Å². The van der Waals surface area contributed by atoms with Crippen LogP contribution in [0.2, 0.25) is 0 Å². The fraction of sp³-hybridized carbons (Fsp3) is 0.316. The molecule has 0 fully saturated rings. The molecule has 0 aliphatic heterocycles. The highest BCUT2D eigenvalue weighted by Crippen LogP contribution is 2.18. The molecular formula is C19H21N5O4. The molecule has 9 heteroatoms. The molecule has 0 unspecified atom stereocenters. The highest BCUT2D eigenvalue weighted by molar-refractivity contribution is 5.94. The maximum atomic E-state index is 12.4. The van der Waals surface area contributed by atoms with Gasteiger partial charge in [-0.15, -0.1) is 0 Å². The van der Waals surface area contributed by atoms with Crippen molar-refractivity contribution >= 4 is 23.3 Å². The van der Waals surface area contributed by atoms with Gasteiger partial charge in [-0.3, -0.25) is 4.79 Å². The molecular weight excluding hydrogens is 362 g/mol. The van der Waals surface area contributed by atoms with E-state index in [4.69, 9.17) is 4.74 Å². The predicted molar refractivity (Wildman–Crippen MR) is 101 cm³/mol. The number of nitrogens with one attached hydrogen (secondary N) is 1. The van der Waals surface area contributed by atoms with Gasteiger partial charge in [0, 0.05) is 30.6 Å². The van der Waals surface area contributed by atoms with Gasteiger partial charge in [-0.2, -0.15) is 10.1 Å². The van der Waals surface area contributed by atoms with E-state index in [-0.39, 0.29) is 24.5 Å². The van der Waals surface area contributed by atoms with Crippen LogP contribution in [0.4, 0.5) is 5.69 Å². The Morgan fingerprint density at radius 2 is 2.04 bits per heavy atom. The highest BCUT2D eigenvalue weighted by atomic mass is 16.5. The summed E-state index contributed by atoms with van der Waals surface area (Å²) in [6.07, 6.45) is 2.15. The fourth-order valence-electron chi connectivity index (χ4n) is 3.12. The summed E-state index contributed by atoms with van der Waals surface area (Å²) in [5, 5.41) is 16.2. The number of ether oxygens (including phenoxy) is 1. The Balaban J connectivity index is 1.73. The van der Waals surface area contributed by atoms with E-state index in [0.29, 0.717) is 23.4 Å². The van der Waals surface area contributed by atoms with Gasteiger partial charge in [-0.25, -0.2) is 14.3 Å². The molecule has 3 rings (SSSR count). The molecule has 3 aromatic rings. The first-order valence-corrected chi connectivity index (χ1v) is 8.71. The van der Waals surface area contributed by atoms with Gasteiger partial charge in [0.05, 0.1) is 12.2 Å². The third kappa shape index (κ3) is 4.15. The third-order valence-electron chi connectivity index (χ3n) is 4.43. The maximum absolute atomic E-state index is 12.4. The average molecular weight is 383 g/mol. The quantitative estimate of drug-likeness (QED) is 0.642. The molecule has 0 saturated carbocycles. The molecule has 2 aromatic heterocycles. The number of carboxylic acids is 1. The highest BCUT2D eigenvalue weighted by Gasteiger charge is 2.14. The molecule has 146 valence electrons. The van der Waals surface area contributed by atoms with Gasteiger partial charge in [0.15, 0.2) is 0 Å². The van der Waals surface area contributed by atoms with Crippen molar-refractivity contribution in [1.82, 2.24) is 19.6 Å². The van der Waals surface area contributed by atoms with E-state index < -0.39 is 5.97 Å². The Morgan fingerprint density at radius 1 is 1.25 bits per heavy atom. The lowest BCUT2D eigenvalue weighted by Crippen LogP contribution is -2.15. The van der Waals surface area contributed by atoms with Gasteiger partial charge in [0.2, 0.25) is 5.91 Å². The zero-order chi connectivity index (χ0) is 20.3.